The van der Waals surface area contributed by atoms with Gasteiger partial charge in [0.15, 0.2) is 0 Å². The van der Waals surface area contributed by atoms with E-state index in [2.05, 4.69) is 16.4 Å². The van der Waals surface area contributed by atoms with E-state index in [-0.39, 0.29) is 12.5 Å². The van der Waals surface area contributed by atoms with Crippen LogP contribution in [0.25, 0.3) is 0 Å². The monoisotopic (exact) mass is 418 g/mol. The van der Waals surface area contributed by atoms with Crippen LogP contribution in [-0.2, 0) is 6.61 Å². The minimum absolute atomic E-state index is 0.148. The number of terminal acetylenes is 1. The summed E-state index contributed by atoms with van der Waals surface area (Å²) >= 11 is 5.90. The number of carbonyl (C=O) groups is 1. The van der Waals surface area contributed by atoms with Crippen LogP contribution in [-0.4, -0.2) is 18.7 Å². The molecule has 0 saturated carbocycles. The van der Waals surface area contributed by atoms with Crippen molar-refractivity contribution in [3.8, 4) is 23.8 Å². The number of carbonyl (C=O) groups excluding carboxylic acids is 1. The third-order valence-corrected chi connectivity index (χ3v) is 4.29. The first kappa shape index (κ1) is 21.0. The molecule has 5 nitrogen and oxygen atoms in total. The lowest BCUT2D eigenvalue weighted by atomic mass is 10.2. The second-order valence-electron chi connectivity index (χ2n) is 6.14. The fourth-order valence-corrected chi connectivity index (χ4v) is 2.71. The van der Waals surface area contributed by atoms with Crippen molar-refractivity contribution in [1.82, 2.24) is 5.43 Å². The molecule has 0 radical (unpaired) electrons. The molecule has 3 aromatic carbocycles. The Morgan fingerprint density at radius 1 is 1.00 bits per heavy atom. The molecule has 0 aromatic heterocycles. The molecule has 0 aliphatic carbocycles. The van der Waals surface area contributed by atoms with Crippen LogP contribution < -0.4 is 14.9 Å². The first-order valence-corrected chi connectivity index (χ1v) is 9.50. The smallest absolute Gasteiger partial charge is 0.275 e. The quantitative estimate of drug-likeness (QED) is 0.328. The molecule has 3 aromatic rings. The lowest BCUT2D eigenvalue weighted by Gasteiger charge is -2.10. The average Bonchev–Trinajstić information content (AvgIpc) is 2.78. The van der Waals surface area contributed by atoms with E-state index >= 15 is 0 Å². The van der Waals surface area contributed by atoms with Crippen molar-refractivity contribution in [2.45, 2.75) is 6.61 Å². The number of hydrogen-bond donors (Lipinski definition) is 1. The molecule has 0 bridgehead atoms. The van der Waals surface area contributed by atoms with Gasteiger partial charge < -0.3 is 9.47 Å². The predicted octanol–water partition coefficient (Wildman–Crippen LogP) is 4.69. The molecule has 0 aliphatic heterocycles. The van der Waals surface area contributed by atoms with Crippen molar-refractivity contribution in [2.24, 2.45) is 5.10 Å². The van der Waals surface area contributed by atoms with Crippen molar-refractivity contribution in [1.29, 1.82) is 0 Å². The van der Waals surface area contributed by atoms with Crippen LogP contribution in [0.4, 0.5) is 0 Å². The summed E-state index contributed by atoms with van der Waals surface area (Å²) in [7, 11) is 0. The van der Waals surface area contributed by atoms with Crippen LogP contribution in [0.1, 0.15) is 21.5 Å². The number of hydrogen-bond acceptors (Lipinski definition) is 4. The van der Waals surface area contributed by atoms with E-state index in [9.17, 15) is 4.79 Å². The van der Waals surface area contributed by atoms with Gasteiger partial charge >= 0.3 is 0 Å². The molecule has 30 heavy (non-hydrogen) atoms. The summed E-state index contributed by atoms with van der Waals surface area (Å²) in [4.78, 5) is 12.6. The minimum Gasteiger partial charge on any atom is -0.488 e. The number of ether oxygens (including phenoxy) is 2. The molecular formula is C24H19ClN2O3. The van der Waals surface area contributed by atoms with Gasteiger partial charge in [-0.25, -0.2) is 5.43 Å². The normalized spacial score (nSPS) is 10.4. The topological polar surface area (TPSA) is 59.9 Å². The molecule has 0 heterocycles. The third kappa shape index (κ3) is 5.87. The highest BCUT2D eigenvalue weighted by Crippen LogP contribution is 2.20. The van der Waals surface area contributed by atoms with E-state index in [1.54, 1.807) is 42.5 Å². The van der Waals surface area contributed by atoms with Gasteiger partial charge in [0.1, 0.15) is 24.7 Å². The first-order chi connectivity index (χ1) is 14.7. The van der Waals surface area contributed by atoms with Crippen LogP contribution in [0.5, 0.6) is 11.5 Å². The van der Waals surface area contributed by atoms with Crippen molar-refractivity contribution in [3.05, 3.63) is 94.5 Å². The van der Waals surface area contributed by atoms with E-state index in [1.807, 2.05) is 30.3 Å². The Labute approximate surface area is 180 Å². The number of halogens is 1. The largest absolute Gasteiger partial charge is 0.488 e. The fourth-order valence-electron chi connectivity index (χ4n) is 2.58. The Kier molecular flexibility index (Phi) is 7.48. The highest BCUT2D eigenvalue weighted by molar-refractivity contribution is 6.30. The van der Waals surface area contributed by atoms with Crippen LogP contribution in [0.3, 0.4) is 0 Å². The van der Waals surface area contributed by atoms with E-state index in [4.69, 9.17) is 27.5 Å². The zero-order valence-electron chi connectivity index (χ0n) is 16.0. The van der Waals surface area contributed by atoms with Crippen molar-refractivity contribution in [3.63, 3.8) is 0 Å². The first-order valence-electron chi connectivity index (χ1n) is 9.12. The Bertz CT molecular complexity index is 1070. The summed E-state index contributed by atoms with van der Waals surface area (Å²) in [6.07, 6.45) is 6.73. The van der Waals surface area contributed by atoms with Gasteiger partial charge in [-0.15, -0.1) is 6.42 Å². The summed E-state index contributed by atoms with van der Waals surface area (Å²) in [6.45, 7) is 0.459. The molecular weight excluding hydrogens is 400 g/mol. The number of rotatable bonds is 8. The van der Waals surface area contributed by atoms with Gasteiger partial charge in [-0.3, -0.25) is 4.79 Å². The molecule has 0 atom stereocenters. The number of nitrogens with zero attached hydrogens (tertiary/aromatic N) is 1. The van der Waals surface area contributed by atoms with Gasteiger partial charge in [0, 0.05) is 10.6 Å². The molecule has 0 unspecified atom stereocenters. The molecule has 0 spiro atoms. The summed E-state index contributed by atoms with van der Waals surface area (Å²) in [5.74, 6) is 3.07. The summed E-state index contributed by atoms with van der Waals surface area (Å²) in [6, 6.07) is 21.5. The average molecular weight is 419 g/mol. The number of para-hydroxylation sites is 2. The Balaban J connectivity index is 1.65. The number of nitrogens with one attached hydrogen (secondary N) is 1. The van der Waals surface area contributed by atoms with Crippen molar-refractivity contribution >= 4 is 23.7 Å². The zero-order valence-corrected chi connectivity index (χ0v) is 16.8. The Hall–Kier alpha value is -3.75. The molecule has 0 saturated heterocycles. The van der Waals surface area contributed by atoms with E-state index in [1.165, 1.54) is 6.21 Å². The standard InChI is InChI=1S/C24H19ClN2O3/c1-2-15-29-22-9-5-3-7-19(22)16-26-27-24(28)21-8-4-6-10-23(21)30-17-18-11-13-20(25)14-12-18/h1,3-14,16H,15,17H2,(H,27,28)/b26-16-. The zero-order chi connectivity index (χ0) is 21.2. The summed E-state index contributed by atoms with van der Waals surface area (Å²) in [5.41, 5.74) is 4.53. The maximum absolute atomic E-state index is 12.6. The number of amides is 1. The Morgan fingerprint density at radius 2 is 1.70 bits per heavy atom. The van der Waals surface area contributed by atoms with Gasteiger partial charge in [0.25, 0.3) is 5.91 Å². The fraction of sp³-hybridized carbons (Fsp3) is 0.0833. The van der Waals surface area contributed by atoms with Crippen LogP contribution in [0.2, 0.25) is 5.02 Å². The Morgan fingerprint density at radius 3 is 2.47 bits per heavy atom. The minimum atomic E-state index is -0.389. The van der Waals surface area contributed by atoms with Crippen LogP contribution in [0, 0.1) is 12.3 Å². The van der Waals surface area contributed by atoms with Crippen molar-refractivity contribution < 1.29 is 14.3 Å². The predicted molar refractivity (Wildman–Crippen MR) is 118 cm³/mol. The maximum Gasteiger partial charge on any atom is 0.275 e. The third-order valence-electron chi connectivity index (χ3n) is 4.04. The van der Waals surface area contributed by atoms with E-state index < -0.39 is 0 Å². The van der Waals surface area contributed by atoms with Crippen LogP contribution >= 0.6 is 11.6 Å². The molecule has 6 heteroatoms. The molecule has 0 fully saturated rings. The van der Waals surface area contributed by atoms with Gasteiger partial charge in [-0.1, -0.05) is 53.9 Å². The number of benzene rings is 3. The summed E-state index contributed by atoms with van der Waals surface area (Å²) < 4.78 is 11.3. The lowest BCUT2D eigenvalue weighted by molar-refractivity contribution is 0.0950. The van der Waals surface area contributed by atoms with E-state index in [0.717, 1.165) is 5.56 Å². The van der Waals surface area contributed by atoms with Gasteiger partial charge in [0.05, 0.1) is 11.8 Å². The summed E-state index contributed by atoms with van der Waals surface area (Å²) in [5, 5.41) is 4.68. The van der Waals surface area contributed by atoms with Crippen LogP contribution in [0.15, 0.2) is 77.9 Å². The second-order valence-corrected chi connectivity index (χ2v) is 6.58. The molecule has 1 amide bonds. The molecule has 3 rings (SSSR count). The number of hydrazone groups is 1. The van der Waals surface area contributed by atoms with Gasteiger partial charge in [0.2, 0.25) is 0 Å². The van der Waals surface area contributed by atoms with Crippen molar-refractivity contribution in [2.75, 3.05) is 6.61 Å². The van der Waals surface area contributed by atoms with Gasteiger partial charge in [-0.05, 0) is 42.0 Å². The lowest BCUT2D eigenvalue weighted by Crippen LogP contribution is -2.18. The second kappa shape index (κ2) is 10.7. The van der Waals surface area contributed by atoms with Gasteiger partial charge in [-0.2, -0.15) is 5.10 Å². The molecule has 1 N–H and O–H groups in total. The highest BCUT2D eigenvalue weighted by Gasteiger charge is 2.11. The maximum atomic E-state index is 12.6. The molecule has 0 aliphatic rings. The highest BCUT2D eigenvalue weighted by atomic mass is 35.5. The molecule has 150 valence electrons. The van der Waals surface area contributed by atoms with E-state index in [0.29, 0.717) is 34.3 Å². The SMILES string of the molecule is C#CCOc1ccccc1/C=N\NC(=O)c1ccccc1OCc1ccc(Cl)cc1.